The van der Waals surface area contributed by atoms with E-state index in [9.17, 15) is 9.59 Å². The lowest BCUT2D eigenvalue weighted by molar-refractivity contribution is -0.146. The smallest absolute Gasteiger partial charge is 0.307 e. The van der Waals surface area contributed by atoms with Crippen LogP contribution in [0.3, 0.4) is 0 Å². The number of hydrogen-bond acceptors (Lipinski definition) is 3. The summed E-state index contributed by atoms with van der Waals surface area (Å²) in [7, 11) is 0. The second-order valence-electron chi connectivity index (χ2n) is 4.32. The van der Waals surface area contributed by atoms with E-state index >= 15 is 0 Å². The van der Waals surface area contributed by atoms with Gasteiger partial charge in [0.25, 0.3) is 0 Å². The van der Waals surface area contributed by atoms with Gasteiger partial charge >= 0.3 is 5.97 Å². The predicted octanol–water partition coefficient (Wildman–Crippen LogP) is 2.45. The molecule has 1 aliphatic rings. The Morgan fingerprint density at radius 3 is 2.63 bits per heavy atom. The summed E-state index contributed by atoms with van der Waals surface area (Å²) in [5, 5.41) is 11.8. The average Bonchev–Trinajstić information content (AvgIpc) is 2.41. The van der Waals surface area contributed by atoms with E-state index in [1.54, 1.807) is 24.4 Å². The molecule has 0 fully saturated rings. The third-order valence-corrected chi connectivity index (χ3v) is 3.73. The van der Waals surface area contributed by atoms with Gasteiger partial charge in [0.15, 0.2) is 0 Å². The molecule has 2 atom stereocenters. The molecule has 1 aromatic rings. The number of rotatable bonds is 3. The van der Waals surface area contributed by atoms with Crippen molar-refractivity contribution in [3.05, 3.63) is 35.0 Å². The van der Waals surface area contributed by atoms with Gasteiger partial charge in [-0.15, -0.1) is 0 Å². The molecule has 0 saturated carbocycles. The molecule has 0 spiro atoms. The Morgan fingerprint density at radius 1 is 1.32 bits per heavy atom. The summed E-state index contributed by atoms with van der Waals surface area (Å²) in [5.74, 6) is -2.07. The number of carbonyl (C=O) groups excluding carboxylic acids is 1. The first-order valence-electron chi connectivity index (χ1n) is 5.88. The van der Waals surface area contributed by atoms with Gasteiger partial charge in [-0.1, -0.05) is 12.2 Å². The van der Waals surface area contributed by atoms with E-state index in [-0.39, 0.29) is 5.91 Å². The maximum Gasteiger partial charge on any atom is 0.307 e. The largest absolute Gasteiger partial charge is 0.481 e. The van der Waals surface area contributed by atoms with Gasteiger partial charge in [0.2, 0.25) is 5.91 Å². The van der Waals surface area contributed by atoms with Crippen LogP contribution in [0, 0.1) is 11.8 Å². The van der Waals surface area contributed by atoms with E-state index in [4.69, 9.17) is 5.11 Å². The molecule has 0 aromatic carbocycles. The maximum absolute atomic E-state index is 12.2. The van der Waals surface area contributed by atoms with Crippen LogP contribution < -0.4 is 5.32 Å². The fourth-order valence-electron chi connectivity index (χ4n) is 2.06. The summed E-state index contributed by atoms with van der Waals surface area (Å²) in [4.78, 5) is 27.4. The van der Waals surface area contributed by atoms with Crippen LogP contribution >= 0.6 is 15.9 Å². The minimum absolute atomic E-state index is 0.309. The molecular formula is C13H13BrN2O3. The third kappa shape index (κ3) is 3.20. The second kappa shape index (κ2) is 5.97. The molecule has 1 heterocycles. The van der Waals surface area contributed by atoms with Gasteiger partial charge in [0, 0.05) is 6.20 Å². The number of carboxylic acids is 1. The number of nitrogens with one attached hydrogen (secondary N) is 1. The predicted molar refractivity (Wildman–Crippen MR) is 73.6 cm³/mol. The van der Waals surface area contributed by atoms with Crippen molar-refractivity contribution >= 4 is 33.6 Å². The zero-order valence-corrected chi connectivity index (χ0v) is 11.6. The van der Waals surface area contributed by atoms with Gasteiger partial charge in [0.1, 0.15) is 5.82 Å². The number of anilines is 1. The van der Waals surface area contributed by atoms with Gasteiger partial charge < -0.3 is 10.4 Å². The third-order valence-electron chi connectivity index (χ3n) is 3.09. The molecule has 1 amide bonds. The Morgan fingerprint density at radius 2 is 2.00 bits per heavy atom. The molecule has 1 aliphatic carbocycles. The maximum atomic E-state index is 12.2. The Bertz CT molecular complexity index is 530. The van der Waals surface area contributed by atoms with Gasteiger partial charge in [-0.05, 0) is 40.9 Å². The van der Waals surface area contributed by atoms with E-state index in [2.05, 4.69) is 26.2 Å². The molecule has 1 aromatic heterocycles. The molecule has 5 nitrogen and oxygen atoms in total. The first-order chi connectivity index (χ1) is 9.09. The van der Waals surface area contributed by atoms with Crippen LogP contribution in [0.5, 0.6) is 0 Å². The van der Waals surface area contributed by atoms with Crippen molar-refractivity contribution in [2.45, 2.75) is 12.8 Å². The molecule has 2 N–H and O–H groups in total. The van der Waals surface area contributed by atoms with E-state index in [0.29, 0.717) is 23.1 Å². The number of nitrogens with zero attached hydrogens (tertiary/aromatic N) is 1. The van der Waals surface area contributed by atoms with Crippen molar-refractivity contribution in [3.8, 4) is 0 Å². The van der Waals surface area contributed by atoms with Crippen molar-refractivity contribution in [2.75, 3.05) is 5.32 Å². The molecular weight excluding hydrogens is 312 g/mol. The number of amides is 1. The molecule has 0 saturated heterocycles. The summed E-state index contributed by atoms with van der Waals surface area (Å²) in [5.41, 5.74) is 0. The molecule has 19 heavy (non-hydrogen) atoms. The normalized spacial score (nSPS) is 21.9. The van der Waals surface area contributed by atoms with Crippen LogP contribution in [0.15, 0.2) is 35.0 Å². The highest BCUT2D eigenvalue weighted by molar-refractivity contribution is 9.10. The van der Waals surface area contributed by atoms with Gasteiger partial charge in [-0.25, -0.2) is 4.98 Å². The van der Waals surface area contributed by atoms with E-state index < -0.39 is 17.8 Å². The lowest BCUT2D eigenvalue weighted by Gasteiger charge is -2.24. The van der Waals surface area contributed by atoms with Crippen molar-refractivity contribution in [3.63, 3.8) is 0 Å². The van der Waals surface area contributed by atoms with Crippen molar-refractivity contribution < 1.29 is 14.7 Å². The first kappa shape index (κ1) is 13.7. The molecule has 2 rings (SSSR count). The molecule has 2 unspecified atom stereocenters. The van der Waals surface area contributed by atoms with Crippen LogP contribution in [0.4, 0.5) is 5.82 Å². The lowest BCUT2D eigenvalue weighted by atomic mass is 9.82. The molecule has 0 radical (unpaired) electrons. The monoisotopic (exact) mass is 324 g/mol. The summed E-state index contributed by atoms with van der Waals surface area (Å²) in [6.07, 6.45) is 6.04. The summed E-state index contributed by atoms with van der Waals surface area (Å²) < 4.78 is 0.668. The fraction of sp³-hybridized carbons (Fsp3) is 0.308. The number of carboxylic acid groups (broad SMARTS) is 1. The Labute approximate surface area is 118 Å². The van der Waals surface area contributed by atoms with E-state index in [1.165, 1.54) is 0 Å². The molecule has 0 bridgehead atoms. The summed E-state index contributed by atoms with van der Waals surface area (Å²) in [6, 6.07) is 3.50. The van der Waals surface area contributed by atoms with Crippen LogP contribution in [0.1, 0.15) is 12.8 Å². The number of carbonyl (C=O) groups is 2. The van der Waals surface area contributed by atoms with Gasteiger partial charge in [-0.3, -0.25) is 9.59 Å². The standard InChI is InChI=1S/C13H13BrN2O3/c14-10-6-3-7-15-11(10)16-12(17)8-4-1-2-5-9(8)13(18)19/h1-3,6-9H,4-5H2,(H,18,19)(H,15,16,17). The van der Waals surface area contributed by atoms with Gasteiger partial charge in [0.05, 0.1) is 16.3 Å². The van der Waals surface area contributed by atoms with Crippen LogP contribution in [0.2, 0.25) is 0 Å². The van der Waals surface area contributed by atoms with Gasteiger partial charge in [-0.2, -0.15) is 0 Å². The number of aliphatic carboxylic acids is 1. The minimum Gasteiger partial charge on any atom is -0.481 e. The van der Waals surface area contributed by atoms with Crippen molar-refractivity contribution in [1.82, 2.24) is 4.98 Å². The number of aromatic nitrogens is 1. The molecule has 6 heteroatoms. The van der Waals surface area contributed by atoms with Crippen LogP contribution in [0.25, 0.3) is 0 Å². The Kier molecular flexibility index (Phi) is 4.31. The molecule has 100 valence electrons. The SMILES string of the molecule is O=C(O)C1CC=CCC1C(=O)Nc1ncccc1Br. The zero-order valence-electron chi connectivity index (χ0n) is 10.0. The number of allylic oxidation sites excluding steroid dienone is 2. The fourth-order valence-corrected chi connectivity index (χ4v) is 2.42. The topological polar surface area (TPSA) is 79.3 Å². The quantitative estimate of drug-likeness (QED) is 0.837. The zero-order chi connectivity index (χ0) is 13.8. The summed E-state index contributed by atoms with van der Waals surface area (Å²) >= 11 is 3.29. The summed E-state index contributed by atoms with van der Waals surface area (Å²) in [6.45, 7) is 0. The molecule has 0 aliphatic heterocycles. The number of pyridine rings is 1. The minimum atomic E-state index is -0.940. The van der Waals surface area contributed by atoms with Crippen molar-refractivity contribution in [2.24, 2.45) is 11.8 Å². The highest BCUT2D eigenvalue weighted by Gasteiger charge is 2.34. The Hall–Kier alpha value is -1.69. The highest BCUT2D eigenvalue weighted by Crippen LogP contribution is 2.28. The average molecular weight is 325 g/mol. The van der Waals surface area contributed by atoms with Crippen LogP contribution in [-0.4, -0.2) is 22.0 Å². The lowest BCUT2D eigenvalue weighted by Crippen LogP contribution is -2.35. The number of hydrogen-bond donors (Lipinski definition) is 2. The Balaban J connectivity index is 2.13. The highest BCUT2D eigenvalue weighted by atomic mass is 79.9. The number of halogens is 1. The first-order valence-corrected chi connectivity index (χ1v) is 6.68. The van der Waals surface area contributed by atoms with Crippen LogP contribution in [-0.2, 0) is 9.59 Å². The van der Waals surface area contributed by atoms with E-state index in [1.807, 2.05) is 6.08 Å². The second-order valence-corrected chi connectivity index (χ2v) is 5.17. The van der Waals surface area contributed by atoms with E-state index in [0.717, 1.165) is 0 Å². The van der Waals surface area contributed by atoms with Crippen molar-refractivity contribution in [1.29, 1.82) is 0 Å².